The summed E-state index contributed by atoms with van der Waals surface area (Å²) in [5.41, 5.74) is 0.403. The standard InChI is InChI=1S/C10H10Cl3NO/c1-14(2)5-8(15)6-3-4-7(11)10(13)9(6)12/h3-4H,5H2,1-2H3. The molecule has 0 aromatic heterocycles. The van der Waals surface area contributed by atoms with Crippen LogP contribution in [0.1, 0.15) is 10.4 Å². The molecule has 0 heterocycles. The number of nitrogens with zero attached hydrogens (tertiary/aromatic N) is 1. The highest BCUT2D eigenvalue weighted by atomic mass is 35.5. The van der Waals surface area contributed by atoms with Gasteiger partial charge in [0, 0.05) is 5.56 Å². The minimum atomic E-state index is -0.0800. The van der Waals surface area contributed by atoms with Crippen LogP contribution in [0.15, 0.2) is 12.1 Å². The molecule has 0 amide bonds. The predicted molar refractivity (Wildman–Crippen MR) is 64.4 cm³/mol. The average molecular weight is 267 g/mol. The highest BCUT2D eigenvalue weighted by Gasteiger charge is 2.15. The lowest BCUT2D eigenvalue weighted by molar-refractivity contribution is 0.0958. The van der Waals surface area contributed by atoms with E-state index in [0.717, 1.165) is 0 Å². The van der Waals surface area contributed by atoms with Gasteiger partial charge in [0.2, 0.25) is 0 Å². The molecule has 0 spiro atoms. The van der Waals surface area contributed by atoms with Crippen LogP contribution < -0.4 is 0 Å². The molecular formula is C10H10Cl3NO. The maximum Gasteiger partial charge on any atom is 0.178 e. The van der Waals surface area contributed by atoms with Crippen molar-refractivity contribution in [3.05, 3.63) is 32.8 Å². The molecule has 0 bridgehead atoms. The molecular weight excluding hydrogens is 256 g/mol. The molecule has 82 valence electrons. The van der Waals surface area contributed by atoms with E-state index < -0.39 is 0 Å². The molecule has 0 N–H and O–H groups in total. The Bertz CT molecular complexity index is 390. The minimum Gasteiger partial charge on any atom is -0.302 e. The smallest absolute Gasteiger partial charge is 0.178 e. The number of rotatable bonds is 3. The van der Waals surface area contributed by atoms with Gasteiger partial charge in [0.1, 0.15) is 0 Å². The zero-order valence-corrected chi connectivity index (χ0v) is 10.6. The zero-order valence-electron chi connectivity index (χ0n) is 8.35. The second kappa shape index (κ2) is 5.17. The molecule has 1 rings (SSSR count). The quantitative estimate of drug-likeness (QED) is 0.617. The zero-order chi connectivity index (χ0) is 11.6. The van der Waals surface area contributed by atoms with Crippen LogP contribution in [-0.2, 0) is 0 Å². The number of halogens is 3. The van der Waals surface area contributed by atoms with Gasteiger partial charge in [-0.2, -0.15) is 0 Å². The van der Waals surface area contributed by atoms with E-state index >= 15 is 0 Å². The van der Waals surface area contributed by atoms with Crippen molar-refractivity contribution in [1.29, 1.82) is 0 Å². The van der Waals surface area contributed by atoms with Crippen LogP contribution in [0.4, 0.5) is 0 Å². The lowest BCUT2D eigenvalue weighted by atomic mass is 10.1. The van der Waals surface area contributed by atoms with Crippen molar-refractivity contribution in [2.45, 2.75) is 0 Å². The third-order valence-electron chi connectivity index (χ3n) is 1.80. The van der Waals surface area contributed by atoms with E-state index in [4.69, 9.17) is 34.8 Å². The van der Waals surface area contributed by atoms with E-state index in [9.17, 15) is 4.79 Å². The molecule has 1 aromatic carbocycles. The molecule has 1 aromatic rings. The Morgan fingerprint density at radius 2 is 1.80 bits per heavy atom. The summed E-state index contributed by atoms with van der Waals surface area (Å²) < 4.78 is 0. The van der Waals surface area contributed by atoms with Crippen LogP contribution in [-0.4, -0.2) is 31.3 Å². The van der Waals surface area contributed by atoms with Gasteiger partial charge < -0.3 is 4.90 Å². The van der Waals surface area contributed by atoms with E-state index in [2.05, 4.69) is 0 Å². The van der Waals surface area contributed by atoms with Gasteiger partial charge in [0.05, 0.1) is 21.6 Å². The van der Waals surface area contributed by atoms with Crippen LogP contribution in [0, 0.1) is 0 Å². The molecule has 0 fully saturated rings. The second-order valence-corrected chi connectivity index (χ2v) is 4.55. The fourth-order valence-corrected chi connectivity index (χ4v) is 1.75. The maximum absolute atomic E-state index is 11.7. The Labute approximate surface area is 104 Å². The van der Waals surface area contributed by atoms with Crippen LogP contribution in [0.5, 0.6) is 0 Å². The lowest BCUT2D eigenvalue weighted by Gasteiger charge is -2.10. The van der Waals surface area contributed by atoms with Gasteiger partial charge in [-0.05, 0) is 26.2 Å². The molecule has 0 aliphatic rings. The highest BCUT2D eigenvalue weighted by Crippen LogP contribution is 2.32. The van der Waals surface area contributed by atoms with E-state index in [-0.39, 0.29) is 22.4 Å². The Morgan fingerprint density at radius 1 is 1.20 bits per heavy atom. The summed E-state index contributed by atoms with van der Waals surface area (Å²) in [5, 5.41) is 0.794. The summed E-state index contributed by atoms with van der Waals surface area (Å²) in [4.78, 5) is 13.5. The summed E-state index contributed by atoms with van der Waals surface area (Å²) in [5.74, 6) is -0.0800. The van der Waals surface area contributed by atoms with Crippen molar-refractivity contribution in [2.24, 2.45) is 0 Å². The Balaban J connectivity index is 3.06. The van der Waals surface area contributed by atoms with Crippen LogP contribution in [0.3, 0.4) is 0 Å². The van der Waals surface area contributed by atoms with Gasteiger partial charge in [0.25, 0.3) is 0 Å². The first-order valence-corrected chi connectivity index (χ1v) is 5.38. The normalized spacial score (nSPS) is 10.8. The van der Waals surface area contributed by atoms with Crippen molar-refractivity contribution >= 4 is 40.6 Å². The van der Waals surface area contributed by atoms with Gasteiger partial charge in [-0.15, -0.1) is 0 Å². The van der Waals surface area contributed by atoms with Gasteiger partial charge in [-0.1, -0.05) is 34.8 Å². The molecule has 0 saturated heterocycles. The Morgan fingerprint density at radius 3 is 2.33 bits per heavy atom. The molecule has 5 heteroatoms. The van der Waals surface area contributed by atoms with E-state index in [0.29, 0.717) is 10.6 Å². The minimum absolute atomic E-state index is 0.0800. The van der Waals surface area contributed by atoms with Crippen molar-refractivity contribution < 1.29 is 4.79 Å². The number of hydrogen-bond donors (Lipinski definition) is 0. The number of carbonyl (C=O) groups is 1. The summed E-state index contributed by atoms with van der Waals surface area (Å²) in [6, 6.07) is 3.15. The molecule has 0 atom stereocenters. The van der Waals surface area contributed by atoms with Crippen molar-refractivity contribution in [3.63, 3.8) is 0 Å². The molecule has 0 radical (unpaired) electrons. The summed E-state index contributed by atoms with van der Waals surface area (Å²) in [6.07, 6.45) is 0. The summed E-state index contributed by atoms with van der Waals surface area (Å²) >= 11 is 17.5. The van der Waals surface area contributed by atoms with Crippen LogP contribution in [0.2, 0.25) is 15.1 Å². The molecule has 0 unspecified atom stereocenters. The van der Waals surface area contributed by atoms with Crippen molar-refractivity contribution in [2.75, 3.05) is 20.6 Å². The summed E-state index contributed by atoms with van der Waals surface area (Å²) in [7, 11) is 3.62. The van der Waals surface area contributed by atoms with Gasteiger partial charge in [0.15, 0.2) is 5.78 Å². The first-order chi connectivity index (χ1) is 6.93. The monoisotopic (exact) mass is 265 g/mol. The fraction of sp³-hybridized carbons (Fsp3) is 0.300. The SMILES string of the molecule is CN(C)CC(=O)c1ccc(Cl)c(Cl)c1Cl. The Hall–Kier alpha value is -0.280. The van der Waals surface area contributed by atoms with E-state index in [1.165, 1.54) is 0 Å². The summed E-state index contributed by atoms with van der Waals surface area (Å²) in [6.45, 7) is 0.289. The van der Waals surface area contributed by atoms with Crippen molar-refractivity contribution in [1.82, 2.24) is 4.90 Å². The number of likely N-dealkylation sites (N-methyl/N-ethyl adjacent to an activating group) is 1. The molecule has 0 saturated carbocycles. The first-order valence-electron chi connectivity index (χ1n) is 4.25. The average Bonchev–Trinajstić information content (AvgIpc) is 2.13. The molecule has 15 heavy (non-hydrogen) atoms. The third kappa shape index (κ3) is 3.08. The molecule has 2 nitrogen and oxygen atoms in total. The Kier molecular flexibility index (Phi) is 4.41. The maximum atomic E-state index is 11.7. The second-order valence-electron chi connectivity index (χ2n) is 3.38. The molecule has 0 aliphatic heterocycles. The lowest BCUT2D eigenvalue weighted by Crippen LogP contribution is -2.21. The topological polar surface area (TPSA) is 20.3 Å². The van der Waals surface area contributed by atoms with Gasteiger partial charge >= 0.3 is 0 Å². The number of hydrogen-bond acceptors (Lipinski definition) is 2. The number of Topliss-reactive ketones (excluding diaryl/α,β-unsaturated/α-hetero) is 1. The fourth-order valence-electron chi connectivity index (χ4n) is 1.11. The van der Waals surface area contributed by atoms with Crippen LogP contribution >= 0.6 is 34.8 Å². The van der Waals surface area contributed by atoms with E-state index in [1.807, 2.05) is 14.1 Å². The predicted octanol–water partition coefficient (Wildman–Crippen LogP) is 3.39. The van der Waals surface area contributed by atoms with Crippen molar-refractivity contribution in [3.8, 4) is 0 Å². The molecule has 0 aliphatic carbocycles. The highest BCUT2D eigenvalue weighted by molar-refractivity contribution is 6.49. The third-order valence-corrected chi connectivity index (χ3v) is 3.09. The van der Waals surface area contributed by atoms with E-state index in [1.54, 1.807) is 17.0 Å². The number of benzene rings is 1. The van der Waals surface area contributed by atoms with Crippen LogP contribution in [0.25, 0.3) is 0 Å². The van der Waals surface area contributed by atoms with Gasteiger partial charge in [-0.3, -0.25) is 4.79 Å². The number of carbonyl (C=O) groups excluding carboxylic acids is 1. The largest absolute Gasteiger partial charge is 0.302 e. The number of ketones is 1. The first kappa shape index (κ1) is 12.8. The van der Waals surface area contributed by atoms with Gasteiger partial charge in [-0.25, -0.2) is 0 Å².